The van der Waals surface area contributed by atoms with Crippen molar-refractivity contribution in [1.82, 2.24) is 0 Å². The van der Waals surface area contributed by atoms with Crippen molar-refractivity contribution in [3.8, 4) is 11.5 Å². The van der Waals surface area contributed by atoms with Crippen molar-refractivity contribution < 1.29 is 18.7 Å². The van der Waals surface area contributed by atoms with Gasteiger partial charge in [0.1, 0.15) is 11.3 Å². The Morgan fingerprint density at radius 3 is 2.75 bits per heavy atom. The molecule has 1 aliphatic heterocycles. The molecule has 1 aromatic heterocycles. The van der Waals surface area contributed by atoms with E-state index >= 15 is 0 Å². The van der Waals surface area contributed by atoms with Crippen molar-refractivity contribution >= 4 is 16.9 Å². The number of methoxy groups -OCH3 is 1. The summed E-state index contributed by atoms with van der Waals surface area (Å²) in [6.45, 7) is 0. The fraction of sp³-hybridized carbons (Fsp3) is 0.158. The molecule has 0 saturated carbocycles. The van der Waals surface area contributed by atoms with Crippen molar-refractivity contribution in [2.24, 2.45) is 0 Å². The van der Waals surface area contributed by atoms with Gasteiger partial charge in [-0.3, -0.25) is 4.79 Å². The van der Waals surface area contributed by atoms with Crippen LogP contribution in [0.15, 0.2) is 57.7 Å². The molecular formula is C19H14O5. The molecule has 1 atom stereocenters. The molecule has 5 nitrogen and oxygen atoms in total. The molecule has 0 fully saturated rings. The third-order valence-corrected chi connectivity index (χ3v) is 4.23. The molecule has 1 aliphatic rings. The van der Waals surface area contributed by atoms with Crippen LogP contribution in [0.4, 0.5) is 0 Å². The Hall–Kier alpha value is -3.08. The first-order valence-electron chi connectivity index (χ1n) is 7.57. The average molecular weight is 322 g/mol. The van der Waals surface area contributed by atoms with Crippen molar-refractivity contribution in [1.29, 1.82) is 0 Å². The number of fused-ring (bicyclic) bond motifs is 3. The van der Waals surface area contributed by atoms with E-state index < -0.39 is 11.5 Å². The molecule has 4 rings (SSSR count). The van der Waals surface area contributed by atoms with Gasteiger partial charge in [0.2, 0.25) is 0 Å². The molecular weight excluding hydrogens is 308 g/mol. The second-order valence-electron chi connectivity index (χ2n) is 5.64. The first kappa shape index (κ1) is 14.5. The van der Waals surface area contributed by atoms with Crippen LogP contribution in [-0.4, -0.2) is 13.1 Å². The van der Waals surface area contributed by atoms with E-state index in [0.717, 1.165) is 5.56 Å². The first-order chi connectivity index (χ1) is 11.7. The minimum Gasteiger partial charge on any atom is -0.497 e. The molecule has 0 aliphatic carbocycles. The number of carbonyl (C=O) groups excluding carboxylic acids is 1. The highest BCUT2D eigenvalue weighted by Gasteiger charge is 2.33. The van der Waals surface area contributed by atoms with Crippen molar-refractivity contribution in [2.75, 3.05) is 7.11 Å². The molecule has 24 heavy (non-hydrogen) atoms. The van der Waals surface area contributed by atoms with Crippen LogP contribution in [0.5, 0.6) is 11.5 Å². The lowest BCUT2D eigenvalue weighted by atomic mass is 9.86. The maximum Gasteiger partial charge on any atom is 0.343 e. The van der Waals surface area contributed by atoms with Gasteiger partial charge in [-0.1, -0.05) is 24.3 Å². The van der Waals surface area contributed by atoms with E-state index in [4.69, 9.17) is 13.9 Å². The second-order valence-corrected chi connectivity index (χ2v) is 5.64. The number of para-hydroxylation sites is 1. The minimum atomic E-state index is -0.482. The zero-order valence-electron chi connectivity index (χ0n) is 12.9. The summed E-state index contributed by atoms with van der Waals surface area (Å²) < 4.78 is 16.1. The van der Waals surface area contributed by atoms with Crippen LogP contribution >= 0.6 is 0 Å². The highest BCUT2D eigenvalue weighted by atomic mass is 16.5. The van der Waals surface area contributed by atoms with Crippen molar-refractivity contribution in [2.45, 2.75) is 12.3 Å². The summed E-state index contributed by atoms with van der Waals surface area (Å²) in [4.78, 5) is 24.7. The maximum atomic E-state index is 12.5. The topological polar surface area (TPSA) is 65.7 Å². The normalized spacial score (nSPS) is 16.5. The molecule has 2 heterocycles. The van der Waals surface area contributed by atoms with Gasteiger partial charge in [-0.05, 0) is 29.8 Å². The second kappa shape index (κ2) is 5.53. The van der Waals surface area contributed by atoms with Gasteiger partial charge in [-0.25, -0.2) is 4.79 Å². The number of benzene rings is 2. The van der Waals surface area contributed by atoms with Crippen LogP contribution in [-0.2, 0) is 4.79 Å². The lowest BCUT2D eigenvalue weighted by Gasteiger charge is -2.24. The van der Waals surface area contributed by atoms with Crippen molar-refractivity contribution in [3.63, 3.8) is 0 Å². The molecule has 0 saturated heterocycles. The average Bonchev–Trinajstić information content (AvgIpc) is 2.61. The number of ether oxygens (including phenoxy) is 2. The fourth-order valence-corrected chi connectivity index (χ4v) is 3.11. The molecule has 120 valence electrons. The van der Waals surface area contributed by atoms with Gasteiger partial charge < -0.3 is 13.9 Å². The van der Waals surface area contributed by atoms with E-state index in [0.29, 0.717) is 28.0 Å². The summed E-state index contributed by atoms with van der Waals surface area (Å²) in [6.07, 6.45) is 0.0866. The number of esters is 1. The SMILES string of the molecule is COc1cccc(C2CC(=O)Oc3c2c(=O)oc2ccccc32)c1. The largest absolute Gasteiger partial charge is 0.497 e. The number of hydrogen-bond acceptors (Lipinski definition) is 5. The smallest absolute Gasteiger partial charge is 0.343 e. The molecule has 1 unspecified atom stereocenters. The molecule has 5 heteroatoms. The minimum absolute atomic E-state index is 0.0866. The van der Waals surface area contributed by atoms with Gasteiger partial charge in [0, 0.05) is 5.92 Å². The molecule has 0 spiro atoms. The zero-order chi connectivity index (χ0) is 16.7. The van der Waals surface area contributed by atoms with E-state index in [9.17, 15) is 9.59 Å². The van der Waals surface area contributed by atoms with Gasteiger partial charge in [-0.15, -0.1) is 0 Å². The summed E-state index contributed by atoms with van der Waals surface area (Å²) in [7, 11) is 1.57. The number of rotatable bonds is 2. The van der Waals surface area contributed by atoms with Crippen LogP contribution in [0.3, 0.4) is 0 Å². The summed E-state index contributed by atoms with van der Waals surface area (Å²) in [5.41, 5.74) is 1.11. The van der Waals surface area contributed by atoms with Crippen LogP contribution < -0.4 is 15.1 Å². The zero-order valence-corrected chi connectivity index (χ0v) is 12.9. The molecule has 2 aromatic carbocycles. The fourth-order valence-electron chi connectivity index (χ4n) is 3.11. The molecule has 0 bridgehead atoms. The summed E-state index contributed by atoms with van der Waals surface area (Å²) in [6, 6.07) is 14.4. The maximum absolute atomic E-state index is 12.5. The predicted octanol–water partition coefficient (Wildman–Crippen LogP) is 3.24. The van der Waals surface area contributed by atoms with Crippen LogP contribution in [0, 0.1) is 0 Å². The highest BCUT2D eigenvalue weighted by molar-refractivity contribution is 5.90. The van der Waals surface area contributed by atoms with E-state index in [-0.39, 0.29) is 12.4 Å². The Labute approximate surface area is 137 Å². The lowest BCUT2D eigenvalue weighted by Crippen LogP contribution is -2.26. The Morgan fingerprint density at radius 2 is 1.92 bits per heavy atom. The summed E-state index contributed by atoms with van der Waals surface area (Å²) in [5, 5.41) is 0.619. The van der Waals surface area contributed by atoms with Crippen LogP contribution in [0.25, 0.3) is 11.0 Å². The van der Waals surface area contributed by atoms with Crippen LogP contribution in [0.2, 0.25) is 0 Å². The molecule has 0 N–H and O–H groups in total. The van der Waals surface area contributed by atoms with E-state index in [1.165, 1.54) is 0 Å². The van der Waals surface area contributed by atoms with Gasteiger partial charge in [-0.2, -0.15) is 0 Å². The van der Waals surface area contributed by atoms with Gasteiger partial charge in [0.15, 0.2) is 5.75 Å². The predicted molar refractivity (Wildman–Crippen MR) is 87.6 cm³/mol. The number of carbonyl (C=O) groups is 1. The van der Waals surface area contributed by atoms with Gasteiger partial charge in [0.25, 0.3) is 0 Å². The Kier molecular flexibility index (Phi) is 3.34. The third kappa shape index (κ3) is 2.25. The van der Waals surface area contributed by atoms with E-state index in [1.54, 1.807) is 25.3 Å². The van der Waals surface area contributed by atoms with Crippen LogP contribution in [0.1, 0.15) is 23.5 Å². The molecule has 3 aromatic rings. The molecule has 0 radical (unpaired) electrons. The van der Waals surface area contributed by atoms with Gasteiger partial charge in [0.05, 0.1) is 24.5 Å². The summed E-state index contributed by atoms with van der Waals surface area (Å²) in [5.74, 6) is 0.173. The monoisotopic (exact) mass is 322 g/mol. The molecule has 0 amide bonds. The first-order valence-corrected chi connectivity index (χ1v) is 7.57. The highest BCUT2D eigenvalue weighted by Crippen LogP contribution is 2.41. The van der Waals surface area contributed by atoms with Crippen molar-refractivity contribution in [3.05, 3.63) is 70.1 Å². The Balaban J connectivity index is 1.98. The standard InChI is InChI=1S/C19H14O5/c1-22-12-6-4-5-11(9-12)14-10-16(20)24-18-13-7-2-3-8-15(13)23-19(21)17(14)18/h2-9,14H,10H2,1H3. The lowest BCUT2D eigenvalue weighted by molar-refractivity contribution is -0.135. The van der Waals surface area contributed by atoms with E-state index in [1.807, 2.05) is 30.3 Å². The van der Waals surface area contributed by atoms with Gasteiger partial charge >= 0.3 is 11.6 Å². The Bertz CT molecular complexity index is 1000. The third-order valence-electron chi connectivity index (χ3n) is 4.23. The Morgan fingerprint density at radius 1 is 1.08 bits per heavy atom. The van der Waals surface area contributed by atoms with E-state index in [2.05, 4.69) is 0 Å². The number of hydrogen-bond donors (Lipinski definition) is 0. The quantitative estimate of drug-likeness (QED) is 0.535. The summed E-state index contributed by atoms with van der Waals surface area (Å²) >= 11 is 0.